The van der Waals surface area contributed by atoms with Crippen LogP contribution in [0.2, 0.25) is 0 Å². The zero-order valence-corrected chi connectivity index (χ0v) is 9.16. The Labute approximate surface area is 75.5 Å². The van der Waals surface area contributed by atoms with Gasteiger partial charge in [-0.1, -0.05) is 6.92 Å². The van der Waals surface area contributed by atoms with E-state index < -0.39 is 14.6 Å². The van der Waals surface area contributed by atoms with E-state index in [9.17, 15) is 8.42 Å². The van der Waals surface area contributed by atoms with E-state index in [1.54, 1.807) is 20.8 Å². The molecule has 4 heteroatoms. The van der Waals surface area contributed by atoms with Gasteiger partial charge in [0, 0.05) is 6.54 Å². The molecule has 0 heterocycles. The van der Waals surface area contributed by atoms with Crippen LogP contribution in [0.3, 0.4) is 0 Å². The van der Waals surface area contributed by atoms with Crippen molar-refractivity contribution in [1.82, 2.24) is 5.32 Å². The molecular weight excluding hydrogens is 174 g/mol. The average Bonchev–Trinajstić information content (AvgIpc) is 1.85. The average molecular weight is 193 g/mol. The molecule has 0 amide bonds. The number of sulfone groups is 1. The molecule has 0 rings (SSSR count). The van der Waals surface area contributed by atoms with E-state index in [1.807, 2.05) is 6.92 Å². The molecule has 0 atom stereocenters. The van der Waals surface area contributed by atoms with Gasteiger partial charge in [-0.15, -0.1) is 0 Å². The van der Waals surface area contributed by atoms with Crippen molar-refractivity contribution in [3.8, 4) is 0 Å². The lowest BCUT2D eigenvalue weighted by molar-refractivity contribution is 0.557. The summed E-state index contributed by atoms with van der Waals surface area (Å²) >= 11 is 0. The van der Waals surface area contributed by atoms with E-state index in [4.69, 9.17) is 0 Å². The van der Waals surface area contributed by atoms with E-state index in [-0.39, 0.29) is 5.75 Å². The number of hydrogen-bond acceptors (Lipinski definition) is 3. The Morgan fingerprint density at radius 3 is 2.08 bits per heavy atom. The molecule has 0 bridgehead atoms. The first-order valence-electron chi connectivity index (χ1n) is 4.24. The second kappa shape index (κ2) is 4.23. The van der Waals surface area contributed by atoms with Gasteiger partial charge in [0.05, 0.1) is 10.5 Å². The first kappa shape index (κ1) is 11.9. The molecule has 0 aliphatic rings. The molecule has 0 aliphatic carbocycles. The maximum Gasteiger partial charge on any atom is 0.156 e. The summed E-state index contributed by atoms with van der Waals surface area (Å²) in [5.74, 6) is 0.227. The fourth-order valence-electron chi connectivity index (χ4n) is 0.689. The highest BCUT2D eigenvalue weighted by Crippen LogP contribution is 2.14. The van der Waals surface area contributed by atoms with Gasteiger partial charge < -0.3 is 5.32 Å². The summed E-state index contributed by atoms with van der Waals surface area (Å²) in [4.78, 5) is 0. The van der Waals surface area contributed by atoms with E-state index in [1.165, 1.54) is 0 Å². The van der Waals surface area contributed by atoms with Crippen molar-refractivity contribution in [2.24, 2.45) is 0 Å². The van der Waals surface area contributed by atoms with Crippen molar-refractivity contribution >= 4 is 9.84 Å². The lowest BCUT2D eigenvalue weighted by Gasteiger charge is -2.18. The molecule has 0 unspecified atom stereocenters. The normalized spacial score (nSPS) is 13.3. The topological polar surface area (TPSA) is 46.2 Å². The molecule has 0 aliphatic heterocycles. The Kier molecular flexibility index (Phi) is 4.20. The van der Waals surface area contributed by atoms with Crippen LogP contribution in [0.5, 0.6) is 0 Å². The maximum atomic E-state index is 11.5. The zero-order valence-electron chi connectivity index (χ0n) is 8.35. The van der Waals surface area contributed by atoms with Crippen LogP contribution in [-0.4, -0.2) is 32.0 Å². The standard InChI is InChI=1S/C8H19NO2S/c1-5-9-6-7-12(10,11)8(2,3)4/h9H,5-7H2,1-4H3. The van der Waals surface area contributed by atoms with Gasteiger partial charge in [-0.3, -0.25) is 0 Å². The number of rotatable bonds is 4. The minimum atomic E-state index is -2.93. The van der Waals surface area contributed by atoms with Crippen LogP contribution in [-0.2, 0) is 9.84 Å². The van der Waals surface area contributed by atoms with Gasteiger partial charge in [0.15, 0.2) is 9.84 Å². The Morgan fingerprint density at radius 1 is 1.25 bits per heavy atom. The molecule has 0 aromatic carbocycles. The quantitative estimate of drug-likeness (QED) is 0.672. The summed E-state index contributed by atoms with van der Waals surface area (Å²) in [6.07, 6.45) is 0. The third-order valence-corrected chi connectivity index (χ3v) is 4.34. The van der Waals surface area contributed by atoms with E-state index in [2.05, 4.69) is 5.32 Å². The summed E-state index contributed by atoms with van der Waals surface area (Å²) in [6, 6.07) is 0. The third kappa shape index (κ3) is 3.54. The summed E-state index contributed by atoms with van der Waals surface area (Å²) in [7, 11) is -2.93. The fraction of sp³-hybridized carbons (Fsp3) is 1.00. The first-order chi connectivity index (χ1) is 5.31. The van der Waals surface area contributed by atoms with Gasteiger partial charge in [-0.25, -0.2) is 8.42 Å². The molecule has 0 spiro atoms. The molecule has 0 fully saturated rings. The number of hydrogen-bond donors (Lipinski definition) is 1. The Balaban J connectivity index is 4.08. The predicted octanol–water partition coefficient (Wildman–Crippen LogP) is 0.809. The van der Waals surface area contributed by atoms with Crippen LogP contribution in [0.25, 0.3) is 0 Å². The molecule has 0 aromatic rings. The maximum absolute atomic E-state index is 11.5. The van der Waals surface area contributed by atoms with Gasteiger partial charge >= 0.3 is 0 Å². The number of nitrogens with one attached hydrogen (secondary N) is 1. The smallest absolute Gasteiger partial charge is 0.156 e. The molecule has 0 radical (unpaired) electrons. The van der Waals surface area contributed by atoms with E-state index in [0.29, 0.717) is 6.54 Å². The first-order valence-corrected chi connectivity index (χ1v) is 5.89. The second-order valence-electron chi connectivity index (χ2n) is 3.78. The summed E-state index contributed by atoms with van der Waals surface area (Å²) < 4.78 is 22.4. The van der Waals surface area contributed by atoms with Gasteiger partial charge in [-0.05, 0) is 27.3 Å². The highest BCUT2D eigenvalue weighted by molar-refractivity contribution is 7.92. The summed E-state index contributed by atoms with van der Waals surface area (Å²) in [5.41, 5.74) is 0. The summed E-state index contributed by atoms with van der Waals surface area (Å²) in [5, 5.41) is 3.00. The Morgan fingerprint density at radius 2 is 1.75 bits per heavy atom. The molecule has 0 saturated heterocycles. The minimum Gasteiger partial charge on any atom is -0.316 e. The van der Waals surface area contributed by atoms with Gasteiger partial charge in [0.2, 0.25) is 0 Å². The largest absolute Gasteiger partial charge is 0.316 e. The lowest BCUT2D eigenvalue weighted by Crippen LogP contribution is -2.34. The Bertz CT molecular complexity index is 214. The van der Waals surface area contributed by atoms with Crippen LogP contribution in [0.1, 0.15) is 27.7 Å². The monoisotopic (exact) mass is 193 g/mol. The van der Waals surface area contributed by atoms with Gasteiger partial charge in [0.1, 0.15) is 0 Å². The van der Waals surface area contributed by atoms with Gasteiger partial charge in [-0.2, -0.15) is 0 Å². The molecule has 12 heavy (non-hydrogen) atoms. The molecule has 3 nitrogen and oxygen atoms in total. The fourth-order valence-corrected chi connectivity index (χ4v) is 1.71. The molecule has 0 saturated carbocycles. The summed E-state index contributed by atoms with van der Waals surface area (Å²) in [6.45, 7) is 8.52. The van der Waals surface area contributed by atoms with Crippen molar-refractivity contribution in [3.63, 3.8) is 0 Å². The van der Waals surface area contributed by atoms with Crippen molar-refractivity contribution in [2.45, 2.75) is 32.4 Å². The third-order valence-electron chi connectivity index (χ3n) is 1.73. The lowest BCUT2D eigenvalue weighted by atomic mass is 10.3. The molecule has 1 N–H and O–H groups in total. The van der Waals surface area contributed by atoms with Crippen LogP contribution in [0.15, 0.2) is 0 Å². The van der Waals surface area contributed by atoms with Crippen LogP contribution < -0.4 is 5.32 Å². The van der Waals surface area contributed by atoms with Crippen molar-refractivity contribution in [1.29, 1.82) is 0 Å². The van der Waals surface area contributed by atoms with Crippen molar-refractivity contribution < 1.29 is 8.42 Å². The minimum absolute atomic E-state index is 0.227. The zero-order chi connectivity index (χ0) is 9.83. The molecule has 74 valence electrons. The SMILES string of the molecule is CCNCCS(=O)(=O)C(C)(C)C. The predicted molar refractivity (Wildman–Crippen MR) is 52.1 cm³/mol. The van der Waals surface area contributed by atoms with Gasteiger partial charge in [0.25, 0.3) is 0 Å². The van der Waals surface area contributed by atoms with Crippen molar-refractivity contribution in [2.75, 3.05) is 18.8 Å². The van der Waals surface area contributed by atoms with Crippen LogP contribution >= 0.6 is 0 Å². The van der Waals surface area contributed by atoms with Crippen LogP contribution in [0, 0.1) is 0 Å². The van der Waals surface area contributed by atoms with Crippen LogP contribution in [0.4, 0.5) is 0 Å². The second-order valence-corrected chi connectivity index (χ2v) is 6.65. The highest BCUT2D eigenvalue weighted by atomic mass is 32.2. The molecular formula is C8H19NO2S. The molecule has 0 aromatic heterocycles. The highest BCUT2D eigenvalue weighted by Gasteiger charge is 2.27. The van der Waals surface area contributed by atoms with Crippen molar-refractivity contribution in [3.05, 3.63) is 0 Å². The Hall–Kier alpha value is -0.0900. The van der Waals surface area contributed by atoms with E-state index >= 15 is 0 Å². The van der Waals surface area contributed by atoms with E-state index in [0.717, 1.165) is 6.54 Å².